The SMILES string of the molecule is C[C@@H]1C[C@H](n2c(Cc3ccc(C(F)(F)F)cn3)nc3cnc4ccc(C#N)cc4c32)CCO1. The molecule has 4 heterocycles. The van der Waals surface area contributed by atoms with Crippen LogP contribution in [0.3, 0.4) is 0 Å². The zero-order valence-electron chi connectivity index (χ0n) is 17.8. The average molecular weight is 451 g/mol. The first-order chi connectivity index (χ1) is 15.8. The van der Waals surface area contributed by atoms with Gasteiger partial charge in [0, 0.05) is 36.3 Å². The molecule has 0 spiro atoms. The Morgan fingerprint density at radius 3 is 2.70 bits per heavy atom. The van der Waals surface area contributed by atoms with Gasteiger partial charge in [-0.15, -0.1) is 0 Å². The average Bonchev–Trinajstić information content (AvgIpc) is 3.17. The first-order valence-corrected chi connectivity index (χ1v) is 10.7. The van der Waals surface area contributed by atoms with Gasteiger partial charge in [0.05, 0.1) is 40.5 Å². The summed E-state index contributed by atoms with van der Waals surface area (Å²) in [6.07, 6.45) is 0.0339. The van der Waals surface area contributed by atoms with Crippen LogP contribution >= 0.6 is 0 Å². The van der Waals surface area contributed by atoms with Crippen molar-refractivity contribution in [3.05, 3.63) is 65.4 Å². The summed E-state index contributed by atoms with van der Waals surface area (Å²) >= 11 is 0. The molecule has 1 aliphatic heterocycles. The van der Waals surface area contributed by atoms with E-state index in [0.717, 1.165) is 41.5 Å². The fourth-order valence-electron chi connectivity index (χ4n) is 4.48. The van der Waals surface area contributed by atoms with Crippen LogP contribution in [0.2, 0.25) is 0 Å². The number of nitriles is 1. The second-order valence-electron chi connectivity index (χ2n) is 8.31. The number of nitrogens with zero attached hydrogens (tertiary/aromatic N) is 5. The molecule has 4 aromatic rings. The molecule has 0 bridgehead atoms. The van der Waals surface area contributed by atoms with Crippen LogP contribution in [0.15, 0.2) is 42.7 Å². The minimum Gasteiger partial charge on any atom is -0.378 e. The summed E-state index contributed by atoms with van der Waals surface area (Å²) in [6.45, 7) is 2.63. The Balaban J connectivity index is 1.67. The van der Waals surface area contributed by atoms with Crippen molar-refractivity contribution in [1.29, 1.82) is 5.26 Å². The molecular formula is C24H20F3N5O. The highest BCUT2D eigenvalue weighted by Crippen LogP contribution is 2.35. The lowest BCUT2D eigenvalue weighted by Gasteiger charge is -2.30. The van der Waals surface area contributed by atoms with Crippen molar-refractivity contribution in [1.82, 2.24) is 19.5 Å². The molecule has 168 valence electrons. The van der Waals surface area contributed by atoms with Crippen LogP contribution in [0.5, 0.6) is 0 Å². The number of benzene rings is 1. The van der Waals surface area contributed by atoms with E-state index in [9.17, 15) is 18.4 Å². The topological polar surface area (TPSA) is 76.6 Å². The number of ether oxygens (including phenoxy) is 1. The van der Waals surface area contributed by atoms with E-state index >= 15 is 0 Å². The molecule has 33 heavy (non-hydrogen) atoms. The van der Waals surface area contributed by atoms with Crippen LogP contribution in [-0.4, -0.2) is 32.2 Å². The van der Waals surface area contributed by atoms with Gasteiger partial charge < -0.3 is 9.30 Å². The molecule has 0 unspecified atom stereocenters. The molecule has 0 radical (unpaired) electrons. The van der Waals surface area contributed by atoms with Gasteiger partial charge in [-0.1, -0.05) is 0 Å². The molecule has 5 rings (SSSR count). The maximum absolute atomic E-state index is 12.9. The van der Waals surface area contributed by atoms with Gasteiger partial charge in [-0.3, -0.25) is 9.97 Å². The molecule has 1 aromatic carbocycles. The lowest BCUT2D eigenvalue weighted by atomic mass is 10.0. The zero-order chi connectivity index (χ0) is 23.2. The molecule has 6 nitrogen and oxygen atoms in total. The number of pyridine rings is 2. The minimum atomic E-state index is -4.43. The third kappa shape index (κ3) is 4.02. The summed E-state index contributed by atoms with van der Waals surface area (Å²) in [4.78, 5) is 13.3. The Labute approximate surface area is 187 Å². The summed E-state index contributed by atoms with van der Waals surface area (Å²) in [5.41, 5.74) is 2.54. The normalized spacial score (nSPS) is 19.1. The predicted molar refractivity (Wildman–Crippen MR) is 115 cm³/mol. The number of alkyl halides is 3. The van der Waals surface area contributed by atoms with E-state index in [4.69, 9.17) is 9.72 Å². The van der Waals surface area contributed by atoms with Crippen LogP contribution in [0.25, 0.3) is 21.9 Å². The van der Waals surface area contributed by atoms with Crippen LogP contribution in [-0.2, 0) is 17.3 Å². The number of halogens is 3. The van der Waals surface area contributed by atoms with E-state index in [1.165, 1.54) is 6.07 Å². The summed E-state index contributed by atoms with van der Waals surface area (Å²) < 4.78 is 46.7. The zero-order valence-corrected chi connectivity index (χ0v) is 17.8. The van der Waals surface area contributed by atoms with Gasteiger partial charge in [0.25, 0.3) is 0 Å². The predicted octanol–water partition coefficient (Wildman–Crippen LogP) is 5.20. The van der Waals surface area contributed by atoms with Gasteiger partial charge in [-0.2, -0.15) is 18.4 Å². The summed E-state index contributed by atoms with van der Waals surface area (Å²) in [5, 5.41) is 10.2. The van der Waals surface area contributed by atoms with Crippen molar-refractivity contribution in [2.45, 2.75) is 44.5 Å². The highest BCUT2D eigenvalue weighted by Gasteiger charge is 2.31. The van der Waals surface area contributed by atoms with Crippen LogP contribution in [0.1, 0.15) is 48.5 Å². The van der Waals surface area contributed by atoms with E-state index in [2.05, 4.69) is 20.6 Å². The van der Waals surface area contributed by atoms with Gasteiger partial charge in [0.2, 0.25) is 0 Å². The van der Waals surface area contributed by atoms with E-state index < -0.39 is 11.7 Å². The van der Waals surface area contributed by atoms with Crippen molar-refractivity contribution in [2.75, 3.05) is 6.61 Å². The largest absolute Gasteiger partial charge is 0.417 e. The summed E-state index contributed by atoms with van der Waals surface area (Å²) in [6, 6.07) is 10.1. The quantitative estimate of drug-likeness (QED) is 0.428. The van der Waals surface area contributed by atoms with E-state index in [1.54, 1.807) is 12.3 Å². The number of fused-ring (bicyclic) bond motifs is 3. The standard InChI is InChI=1S/C24H20F3N5O/c1-14-8-18(6-7-33-14)32-22(10-17-4-3-16(12-29-17)24(25,26)27)31-21-13-30-20-5-2-15(11-28)9-19(20)23(21)32/h2-5,9,12-14,18H,6-8,10H2,1H3/t14-,18-/m1/s1. The Hall–Kier alpha value is -3.51. The maximum Gasteiger partial charge on any atom is 0.417 e. The highest BCUT2D eigenvalue weighted by atomic mass is 19.4. The Kier molecular flexibility index (Phi) is 5.25. The second-order valence-corrected chi connectivity index (χ2v) is 8.31. The van der Waals surface area contributed by atoms with Gasteiger partial charge in [-0.25, -0.2) is 4.98 Å². The van der Waals surface area contributed by atoms with Crippen molar-refractivity contribution in [3.8, 4) is 6.07 Å². The number of aromatic nitrogens is 4. The van der Waals surface area contributed by atoms with Crippen molar-refractivity contribution in [2.24, 2.45) is 0 Å². The number of hydrogen-bond acceptors (Lipinski definition) is 5. The maximum atomic E-state index is 12.9. The smallest absolute Gasteiger partial charge is 0.378 e. The Morgan fingerprint density at radius 2 is 2.00 bits per heavy atom. The van der Waals surface area contributed by atoms with Crippen molar-refractivity contribution >= 4 is 21.9 Å². The van der Waals surface area contributed by atoms with Crippen molar-refractivity contribution < 1.29 is 17.9 Å². The van der Waals surface area contributed by atoms with Crippen LogP contribution < -0.4 is 0 Å². The number of imidazole rings is 1. The first kappa shape index (κ1) is 21.3. The summed E-state index contributed by atoms with van der Waals surface area (Å²) in [5.74, 6) is 0.702. The molecule has 1 saturated heterocycles. The van der Waals surface area contributed by atoms with E-state index in [-0.39, 0.29) is 18.6 Å². The third-order valence-electron chi connectivity index (χ3n) is 6.03. The molecule has 1 fully saturated rings. The van der Waals surface area contributed by atoms with Crippen LogP contribution in [0, 0.1) is 11.3 Å². The molecule has 0 saturated carbocycles. The molecule has 0 aliphatic carbocycles. The molecule has 0 N–H and O–H groups in total. The molecule has 0 amide bonds. The lowest BCUT2D eigenvalue weighted by molar-refractivity contribution is -0.137. The van der Waals surface area contributed by atoms with Gasteiger partial charge in [0.15, 0.2) is 0 Å². The third-order valence-corrected chi connectivity index (χ3v) is 6.03. The fraction of sp³-hybridized carbons (Fsp3) is 0.333. The van der Waals surface area contributed by atoms with Crippen LogP contribution in [0.4, 0.5) is 13.2 Å². The molecule has 9 heteroatoms. The van der Waals surface area contributed by atoms with Gasteiger partial charge in [0.1, 0.15) is 11.3 Å². The van der Waals surface area contributed by atoms with Gasteiger partial charge in [-0.05, 0) is 50.1 Å². The van der Waals surface area contributed by atoms with Gasteiger partial charge >= 0.3 is 6.18 Å². The van der Waals surface area contributed by atoms with E-state index in [1.807, 2.05) is 19.1 Å². The molecule has 3 aromatic heterocycles. The first-order valence-electron chi connectivity index (χ1n) is 10.7. The lowest BCUT2D eigenvalue weighted by Crippen LogP contribution is -2.26. The Morgan fingerprint density at radius 1 is 1.15 bits per heavy atom. The minimum absolute atomic E-state index is 0.0704. The number of rotatable bonds is 3. The monoisotopic (exact) mass is 451 g/mol. The second kappa shape index (κ2) is 8.12. The molecular weight excluding hydrogens is 431 g/mol. The van der Waals surface area contributed by atoms with E-state index in [0.29, 0.717) is 29.2 Å². The van der Waals surface area contributed by atoms with Crippen molar-refractivity contribution in [3.63, 3.8) is 0 Å². The Bertz CT molecular complexity index is 1370. The fourth-order valence-corrected chi connectivity index (χ4v) is 4.48. The number of hydrogen-bond donors (Lipinski definition) is 0. The molecule has 2 atom stereocenters. The summed E-state index contributed by atoms with van der Waals surface area (Å²) in [7, 11) is 0. The highest BCUT2D eigenvalue weighted by molar-refractivity contribution is 6.02. The molecule has 1 aliphatic rings.